The van der Waals surface area contributed by atoms with E-state index in [1.807, 2.05) is 13.0 Å². The molecular weight excluding hydrogens is 224 g/mol. The molecule has 1 N–H and O–H groups in total. The third-order valence-corrected chi connectivity index (χ3v) is 3.64. The fourth-order valence-electron chi connectivity index (χ4n) is 2.58. The standard InChI is InChI=1S/C14H24N4/c1-4-8-18-11-12(2)16-14(18)15-10-13-7-5-6-9-17(13)3/h4,11,13H,1,5-10H2,2-3H3,(H,15,16). The second kappa shape index (κ2) is 6.05. The third-order valence-electron chi connectivity index (χ3n) is 3.64. The number of piperidine rings is 1. The molecule has 1 aromatic heterocycles. The lowest BCUT2D eigenvalue weighted by Crippen LogP contribution is -2.41. The van der Waals surface area contributed by atoms with Gasteiger partial charge in [-0.1, -0.05) is 12.5 Å². The molecule has 0 aromatic carbocycles. The number of nitrogens with one attached hydrogen (secondary N) is 1. The minimum absolute atomic E-state index is 0.632. The predicted molar refractivity (Wildman–Crippen MR) is 75.9 cm³/mol. The van der Waals surface area contributed by atoms with Crippen LogP contribution < -0.4 is 5.32 Å². The Morgan fingerprint density at radius 1 is 1.56 bits per heavy atom. The molecule has 2 rings (SSSR count). The fraction of sp³-hybridized carbons (Fsp3) is 0.643. The van der Waals surface area contributed by atoms with E-state index in [1.165, 1.54) is 25.8 Å². The van der Waals surface area contributed by atoms with Crippen LogP contribution in [-0.2, 0) is 6.54 Å². The maximum atomic E-state index is 4.52. The summed E-state index contributed by atoms with van der Waals surface area (Å²) in [5.41, 5.74) is 1.05. The van der Waals surface area contributed by atoms with Crippen LogP contribution in [0.1, 0.15) is 25.0 Å². The molecular formula is C14H24N4. The van der Waals surface area contributed by atoms with Gasteiger partial charge in [0.1, 0.15) is 0 Å². The highest BCUT2D eigenvalue weighted by atomic mass is 15.2. The molecule has 4 heteroatoms. The van der Waals surface area contributed by atoms with Crippen LogP contribution in [0, 0.1) is 6.92 Å². The van der Waals surface area contributed by atoms with Crippen molar-refractivity contribution in [2.75, 3.05) is 25.5 Å². The summed E-state index contributed by atoms with van der Waals surface area (Å²) in [4.78, 5) is 6.97. The molecule has 0 aliphatic carbocycles. The van der Waals surface area contributed by atoms with Crippen LogP contribution in [-0.4, -0.2) is 40.6 Å². The van der Waals surface area contributed by atoms with Crippen LogP contribution in [0.4, 0.5) is 5.95 Å². The van der Waals surface area contributed by atoms with Crippen molar-refractivity contribution in [3.8, 4) is 0 Å². The number of allylic oxidation sites excluding steroid dienone is 1. The van der Waals surface area contributed by atoms with Crippen LogP contribution in [0.3, 0.4) is 0 Å². The number of hydrogen-bond donors (Lipinski definition) is 1. The SMILES string of the molecule is C=CCn1cc(C)nc1NCC1CCCCN1C. The molecule has 1 aliphatic heterocycles. The molecule has 0 amide bonds. The number of hydrogen-bond acceptors (Lipinski definition) is 3. The Morgan fingerprint density at radius 2 is 2.39 bits per heavy atom. The summed E-state index contributed by atoms with van der Waals surface area (Å²) >= 11 is 0. The quantitative estimate of drug-likeness (QED) is 0.812. The number of nitrogens with zero attached hydrogens (tertiary/aromatic N) is 3. The summed E-state index contributed by atoms with van der Waals surface area (Å²) in [6.45, 7) is 8.81. The lowest BCUT2D eigenvalue weighted by atomic mass is 10.0. The molecule has 1 saturated heterocycles. The summed E-state index contributed by atoms with van der Waals surface area (Å²) < 4.78 is 2.12. The van der Waals surface area contributed by atoms with E-state index >= 15 is 0 Å². The molecule has 0 radical (unpaired) electrons. The van der Waals surface area contributed by atoms with E-state index in [0.29, 0.717) is 6.04 Å². The number of imidazole rings is 1. The molecule has 1 atom stereocenters. The second-order valence-electron chi connectivity index (χ2n) is 5.16. The summed E-state index contributed by atoms with van der Waals surface area (Å²) in [5, 5.41) is 3.48. The topological polar surface area (TPSA) is 33.1 Å². The molecule has 0 spiro atoms. The van der Waals surface area contributed by atoms with Gasteiger partial charge < -0.3 is 14.8 Å². The molecule has 0 saturated carbocycles. The maximum Gasteiger partial charge on any atom is 0.203 e. The largest absolute Gasteiger partial charge is 0.354 e. The molecule has 1 fully saturated rings. The summed E-state index contributed by atoms with van der Waals surface area (Å²) in [6.07, 6.45) is 7.92. The first-order valence-corrected chi connectivity index (χ1v) is 6.79. The first-order chi connectivity index (χ1) is 8.70. The minimum atomic E-state index is 0.632. The van der Waals surface area contributed by atoms with Crippen LogP contribution in [0.2, 0.25) is 0 Å². The lowest BCUT2D eigenvalue weighted by molar-refractivity contribution is 0.194. The number of anilines is 1. The van der Waals surface area contributed by atoms with Crippen molar-refractivity contribution in [2.45, 2.75) is 38.8 Å². The van der Waals surface area contributed by atoms with Gasteiger partial charge in [-0.25, -0.2) is 4.98 Å². The highest BCUT2D eigenvalue weighted by Gasteiger charge is 2.19. The van der Waals surface area contributed by atoms with Gasteiger partial charge in [-0.05, 0) is 33.4 Å². The predicted octanol–water partition coefficient (Wildman–Crippen LogP) is 2.27. The lowest BCUT2D eigenvalue weighted by Gasteiger charge is -2.32. The van der Waals surface area contributed by atoms with Gasteiger partial charge in [0, 0.05) is 25.3 Å². The molecule has 1 unspecified atom stereocenters. The first kappa shape index (κ1) is 13.1. The van der Waals surface area contributed by atoms with Gasteiger partial charge in [0.25, 0.3) is 0 Å². The van der Waals surface area contributed by atoms with E-state index in [1.54, 1.807) is 0 Å². The number of likely N-dealkylation sites (N-methyl/N-ethyl adjacent to an activating group) is 1. The second-order valence-corrected chi connectivity index (χ2v) is 5.16. The van der Waals surface area contributed by atoms with Crippen molar-refractivity contribution >= 4 is 5.95 Å². The van der Waals surface area contributed by atoms with Crippen molar-refractivity contribution in [3.63, 3.8) is 0 Å². The Hall–Kier alpha value is -1.29. The van der Waals surface area contributed by atoms with Gasteiger partial charge in [-0.3, -0.25) is 0 Å². The van der Waals surface area contributed by atoms with Gasteiger partial charge in [0.05, 0.1) is 5.69 Å². The zero-order valence-electron chi connectivity index (χ0n) is 11.5. The molecule has 100 valence electrons. The summed E-state index contributed by atoms with van der Waals surface area (Å²) in [5.74, 6) is 0.964. The van der Waals surface area contributed by atoms with Crippen molar-refractivity contribution < 1.29 is 0 Å². The van der Waals surface area contributed by atoms with Crippen LogP contribution in [0.15, 0.2) is 18.9 Å². The zero-order chi connectivity index (χ0) is 13.0. The fourth-order valence-corrected chi connectivity index (χ4v) is 2.58. The highest BCUT2D eigenvalue weighted by molar-refractivity contribution is 5.29. The number of rotatable bonds is 5. The monoisotopic (exact) mass is 248 g/mol. The Labute approximate surface area is 110 Å². The van der Waals surface area contributed by atoms with Gasteiger partial charge >= 0.3 is 0 Å². The van der Waals surface area contributed by atoms with Gasteiger partial charge in [0.2, 0.25) is 5.95 Å². The van der Waals surface area contributed by atoms with E-state index in [4.69, 9.17) is 0 Å². The zero-order valence-corrected chi connectivity index (χ0v) is 11.5. The van der Waals surface area contributed by atoms with E-state index in [2.05, 4.69) is 39.6 Å². The molecule has 4 nitrogen and oxygen atoms in total. The van der Waals surface area contributed by atoms with E-state index in [9.17, 15) is 0 Å². The van der Waals surface area contributed by atoms with Crippen molar-refractivity contribution in [2.24, 2.45) is 0 Å². The van der Waals surface area contributed by atoms with Crippen molar-refractivity contribution in [1.82, 2.24) is 14.5 Å². The van der Waals surface area contributed by atoms with Gasteiger partial charge in [-0.2, -0.15) is 0 Å². The van der Waals surface area contributed by atoms with E-state index < -0.39 is 0 Å². The number of aromatic nitrogens is 2. The van der Waals surface area contributed by atoms with Crippen LogP contribution in [0.5, 0.6) is 0 Å². The Balaban J connectivity index is 1.94. The summed E-state index contributed by atoms with van der Waals surface area (Å²) in [6, 6.07) is 0.632. The smallest absolute Gasteiger partial charge is 0.203 e. The third kappa shape index (κ3) is 3.13. The minimum Gasteiger partial charge on any atom is -0.354 e. The number of aryl methyl sites for hydroxylation is 1. The van der Waals surface area contributed by atoms with E-state index in [0.717, 1.165) is 24.7 Å². The molecule has 1 aliphatic rings. The van der Waals surface area contributed by atoms with Crippen molar-refractivity contribution in [3.05, 3.63) is 24.5 Å². The molecule has 0 bridgehead atoms. The van der Waals surface area contributed by atoms with Crippen molar-refractivity contribution in [1.29, 1.82) is 0 Å². The molecule has 18 heavy (non-hydrogen) atoms. The average Bonchev–Trinajstić information content (AvgIpc) is 2.69. The van der Waals surface area contributed by atoms with Gasteiger partial charge in [-0.15, -0.1) is 6.58 Å². The molecule has 2 heterocycles. The van der Waals surface area contributed by atoms with E-state index in [-0.39, 0.29) is 0 Å². The molecule has 1 aromatic rings. The van der Waals surface area contributed by atoms with Gasteiger partial charge in [0.15, 0.2) is 0 Å². The van der Waals surface area contributed by atoms with Crippen LogP contribution >= 0.6 is 0 Å². The Kier molecular flexibility index (Phi) is 4.42. The maximum absolute atomic E-state index is 4.52. The average molecular weight is 248 g/mol. The Morgan fingerprint density at radius 3 is 3.11 bits per heavy atom. The van der Waals surface area contributed by atoms with Crippen LogP contribution in [0.25, 0.3) is 0 Å². The first-order valence-electron chi connectivity index (χ1n) is 6.79. The number of likely N-dealkylation sites (tertiary alicyclic amines) is 1. The summed E-state index contributed by atoms with van der Waals surface area (Å²) in [7, 11) is 2.22. The normalized spacial score (nSPS) is 20.9. The highest BCUT2D eigenvalue weighted by Crippen LogP contribution is 2.16. The Bertz CT molecular complexity index is 396.